The van der Waals surface area contributed by atoms with Crippen LogP contribution in [0.1, 0.15) is 32.8 Å². The second-order valence-electron chi connectivity index (χ2n) is 7.09. The number of carbonyl (C=O) groups excluding carboxylic acids is 2. The van der Waals surface area contributed by atoms with Crippen LogP contribution >= 0.6 is 0 Å². The Labute approximate surface area is 170 Å². The van der Waals surface area contributed by atoms with E-state index in [9.17, 15) is 9.59 Å². The summed E-state index contributed by atoms with van der Waals surface area (Å²) in [7, 11) is 3.23. The third-order valence-corrected chi connectivity index (χ3v) is 4.83. The number of esters is 1. The Morgan fingerprint density at radius 3 is 2.59 bits per heavy atom. The van der Waals surface area contributed by atoms with Crippen molar-refractivity contribution >= 4 is 22.8 Å². The smallest absolute Gasteiger partial charge is 0.375 e. The molecule has 2 aromatic carbocycles. The van der Waals surface area contributed by atoms with Crippen molar-refractivity contribution < 1.29 is 23.5 Å². The second kappa shape index (κ2) is 8.92. The SMILES string of the molecule is COCc1c(C(=O)OCC(=O)N(C)Cc2ccc(C)cc2C)oc2ccccc12. The Hall–Kier alpha value is -3.12. The fraction of sp³-hybridized carbons (Fsp3) is 0.304. The Kier molecular flexibility index (Phi) is 6.34. The largest absolute Gasteiger partial charge is 0.450 e. The molecule has 1 amide bonds. The molecule has 0 unspecified atom stereocenters. The number of aryl methyl sites for hydroxylation is 2. The van der Waals surface area contributed by atoms with E-state index in [2.05, 4.69) is 6.07 Å². The van der Waals surface area contributed by atoms with Crippen molar-refractivity contribution in [2.24, 2.45) is 0 Å². The number of para-hydroxylation sites is 1. The molecule has 29 heavy (non-hydrogen) atoms. The van der Waals surface area contributed by atoms with E-state index in [4.69, 9.17) is 13.9 Å². The molecule has 6 heteroatoms. The molecule has 0 aliphatic rings. The van der Waals surface area contributed by atoms with Crippen LogP contribution in [-0.4, -0.2) is 37.5 Å². The van der Waals surface area contributed by atoms with E-state index in [0.717, 1.165) is 16.5 Å². The Balaban J connectivity index is 1.66. The fourth-order valence-corrected chi connectivity index (χ4v) is 3.22. The molecule has 0 saturated carbocycles. The number of amides is 1. The minimum atomic E-state index is -0.679. The summed E-state index contributed by atoms with van der Waals surface area (Å²) in [6, 6.07) is 13.4. The molecular weight excluding hydrogens is 370 g/mol. The van der Waals surface area contributed by atoms with Crippen LogP contribution in [0.2, 0.25) is 0 Å². The van der Waals surface area contributed by atoms with Gasteiger partial charge in [0.15, 0.2) is 6.61 Å². The van der Waals surface area contributed by atoms with Gasteiger partial charge in [0.05, 0.1) is 6.61 Å². The van der Waals surface area contributed by atoms with Crippen LogP contribution in [0.15, 0.2) is 46.9 Å². The monoisotopic (exact) mass is 395 g/mol. The number of furan rings is 1. The van der Waals surface area contributed by atoms with Crippen molar-refractivity contribution in [3.63, 3.8) is 0 Å². The van der Waals surface area contributed by atoms with Gasteiger partial charge in [0, 0.05) is 31.7 Å². The highest BCUT2D eigenvalue weighted by Gasteiger charge is 2.23. The molecule has 3 aromatic rings. The van der Waals surface area contributed by atoms with Crippen LogP contribution in [0, 0.1) is 13.8 Å². The first-order valence-electron chi connectivity index (χ1n) is 9.37. The van der Waals surface area contributed by atoms with E-state index in [1.54, 1.807) is 25.1 Å². The molecule has 0 atom stereocenters. The van der Waals surface area contributed by atoms with Gasteiger partial charge >= 0.3 is 5.97 Å². The Bertz CT molecular complexity index is 1040. The van der Waals surface area contributed by atoms with Crippen molar-refractivity contribution in [3.05, 3.63) is 70.5 Å². The van der Waals surface area contributed by atoms with Crippen LogP contribution in [0.5, 0.6) is 0 Å². The average Bonchev–Trinajstić information content (AvgIpc) is 3.07. The zero-order chi connectivity index (χ0) is 21.0. The highest BCUT2D eigenvalue weighted by atomic mass is 16.5. The lowest BCUT2D eigenvalue weighted by Crippen LogP contribution is -2.31. The quantitative estimate of drug-likeness (QED) is 0.566. The molecular formula is C23H25NO5. The average molecular weight is 395 g/mol. The summed E-state index contributed by atoms with van der Waals surface area (Å²) in [5.41, 5.74) is 4.53. The standard InChI is InChI=1S/C23H25NO5/c1-15-9-10-17(16(2)11-15)12-24(3)21(25)14-28-23(26)22-19(13-27-4)18-7-5-6-8-20(18)29-22/h5-11H,12-14H2,1-4H3. The van der Waals surface area contributed by atoms with Gasteiger partial charge in [-0.05, 0) is 31.0 Å². The Morgan fingerprint density at radius 2 is 1.86 bits per heavy atom. The number of nitrogens with zero attached hydrogens (tertiary/aromatic N) is 1. The van der Waals surface area contributed by atoms with Gasteiger partial charge in [-0.25, -0.2) is 4.79 Å². The number of hydrogen-bond donors (Lipinski definition) is 0. The van der Waals surface area contributed by atoms with E-state index in [-0.39, 0.29) is 24.9 Å². The number of carbonyl (C=O) groups is 2. The lowest BCUT2D eigenvalue weighted by molar-refractivity contribution is -0.133. The van der Waals surface area contributed by atoms with Crippen LogP contribution in [-0.2, 0) is 27.4 Å². The topological polar surface area (TPSA) is 69.0 Å². The van der Waals surface area contributed by atoms with Gasteiger partial charge in [0.1, 0.15) is 5.58 Å². The summed E-state index contributed by atoms with van der Waals surface area (Å²) in [6.07, 6.45) is 0. The molecule has 1 aromatic heterocycles. The van der Waals surface area contributed by atoms with Gasteiger partial charge in [-0.1, -0.05) is 42.0 Å². The summed E-state index contributed by atoms with van der Waals surface area (Å²) in [5.74, 6) is -0.901. The summed E-state index contributed by atoms with van der Waals surface area (Å²) in [4.78, 5) is 26.5. The maximum atomic E-state index is 12.5. The van der Waals surface area contributed by atoms with Crippen molar-refractivity contribution in [2.75, 3.05) is 20.8 Å². The van der Waals surface area contributed by atoms with Crippen molar-refractivity contribution in [3.8, 4) is 0 Å². The predicted molar refractivity (Wildman–Crippen MR) is 110 cm³/mol. The molecule has 0 radical (unpaired) electrons. The molecule has 152 valence electrons. The number of likely N-dealkylation sites (N-methyl/N-ethyl adjacent to an activating group) is 1. The lowest BCUT2D eigenvalue weighted by atomic mass is 10.1. The molecule has 6 nitrogen and oxygen atoms in total. The normalized spacial score (nSPS) is 10.9. The van der Waals surface area contributed by atoms with Crippen LogP contribution in [0.4, 0.5) is 0 Å². The first kappa shape index (κ1) is 20.6. The minimum absolute atomic E-state index is 0.0675. The van der Waals surface area contributed by atoms with Crippen LogP contribution in [0.25, 0.3) is 11.0 Å². The zero-order valence-electron chi connectivity index (χ0n) is 17.2. The molecule has 0 bridgehead atoms. The molecule has 0 N–H and O–H groups in total. The Morgan fingerprint density at radius 1 is 1.10 bits per heavy atom. The number of ether oxygens (including phenoxy) is 2. The zero-order valence-corrected chi connectivity index (χ0v) is 17.2. The fourth-order valence-electron chi connectivity index (χ4n) is 3.22. The van der Waals surface area contributed by atoms with Crippen molar-refractivity contribution in [1.29, 1.82) is 0 Å². The van der Waals surface area contributed by atoms with E-state index in [1.807, 2.05) is 44.2 Å². The summed E-state index contributed by atoms with van der Waals surface area (Å²) < 4.78 is 16.1. The van der Waals surface area contributed by atoms with Gasteiger partial charge < -0.3 is 18.8 Å². The predicted octanol–water partition coefficient (Wildman–Crippen LogP) is 4.01. The maximum Gasteiger partial charge on any atom is 0.375 e. The van der Waals surface area contributed by atoms with Crippen LogP contribution < -0.4 is 0 Å². The summed E-state index contributed by atoms with van der Waals surface area (Å²) >= 11 is 0. The number of methoxy groups -OCH3 is 1. The van der Waals surface area contributed by atoms with E-state index in [1.165, 1.54) is 5.56 Å². The molecule has 0 aliphatic carbocycles. The lowest BCUT2D eigenvalue weighted by Gasteiger charge is -2.18. The van der Waals surface area contributed by atoms with Gasteiger partial charge in [0.2, 0.25) is 5.76 Å². The van der Waals surface area contributed by atoms with E-state index >= 15 is 0 Å². The molecule has 3 rings (SSSR count). The third-order valence-electron chi connectivity index (χ3n) is 4.83. The molecule has 0 aliphatic heterocycles. The maximum absolute atomic E-state index is 12.5. The highest BCUT2D eigenvalue weighted by molar-refractivity contribution is 5.96. The van der Waals surface area contributed by atoms with Gasteiger partial charge in [-0.3, -0.25) is 4.79 Å². The van der Waals surface area contributed by atoms with E-state index < -0.39 is 5.97 Å². The highest BCUT2D eigenvalue weighted by Crippen LogP contribution is 2.27. The first-order valence-corrected chi connectivity index (χ1v) is 9.37. The number of hydrogen-bond acceptors (Lipinski definition) is 5. The molecule has 0 spiro atoms. The molecule has 1 heterocycles. The number of rotatable bonds is 7. The van der Waals surface area contributed by atoms with Gasteiger partial charge in [-0.2, -0.15) is 0 Å². The van der Waals surface area contributed by atoms with Crippen LogP contribution in [0.3, 0.4) is 0 Å². The summed E-state index contributed by atoms with van der Waals surface area (Å²) in [6.45, 7) is 4.34. The van der Waals surface area contributed by atoms with Crippen molar-refractivity contribution in [1.82, 2.24) is 4.90 Å². The number of benzene rings is 2. The minimum Gasteiger partial charge on any atom is -0.450 e. The second-order valence-corrected chi connectivity index (χ2v) is 7.09. The van der Waals surface area contributed by atoms with Crippen molar-refractivity contribution in [2.45, 2.75) is 27.0 Å². The number of fused-ring (bicyclic) bond motifs is 1. The van der Waals surface area contributed by atoms with Gasteiger partial charge in [-0.15, -0.1) is 0 Å². The third kappa shape index (κ3) is 4.66. The summed E-state index contributed by atoms with van der Waals surface area (Å²) in [5, 5.41) is 0.791. The van der Waals surface area contributed by atoms with E-state index in [0.29, 0.717) is 17.7 Å². The molecule has 0 fully saturated rings. The first-order chi connectivity index (χ1) is 13.9. The molecule has 0 saturated heterocycles. The van der Waals surface area contributed by atoms with Gasteiger partial charge in [0.25, 0.3) is 5.91 Å².